The Bertz CT molecular complexity index is 1030. The lowest BCUT2D eigenvalue weighted by atomic mass is 9.97. The Morgan fingerprint density at radius 2 is 2.10 bits per heavy atom. The zero-order valence-corrected chi connectivity index (χ0v) is 16.6. The first-order valence-corrected chi connectivity index (χ1v) is 10.2. The molecule has 1 saturated heterocycles. The summed E-state index contributed by atoms with van der Waals surface area (Å²) in [6, 6.07) is 11.5. The molecule has 0 spiro atoms. The number of nitrogens with one attached hydrogen (secondary N) is 1. The first kappa shape index (κ1) is 19.1. The molecule has 0 saturated carbocycles. The minimum atomic E-state index is -0.265. The number of carbonyl (C=O) groups is 2. The number of aromatic nitrogens is 2. The van der Waals surface area contributed by atoms with Crippen LogP contribution in [0.4, 0.5) is 11.5 Å². The summed E-state index contributed by atoms with van der Waals surface area (Å²) in [6.45, 7) is 1.42. The summed E-state index contributed by atoms with van der Waals surface area (Å²) < 4.78 is 1.09. The van der Waals surface area contributed by atoms with E-state index in [1.54, 1.807) is 18.3 Å². The van der Waals surface area contributed by atoms with Crippen molar-refractivity contribution in [2.24, 2.45) is 11.7 Å². The molecule has 3 heterocycles. The van der Waals surface area contributed by atoms with Gasteiger partial charge in [-0.05, 0) is 43.2 Å². The van der Waals surface area contributed by atoms with Crippen LogP contribution < -0.4 is 16.0 Å². The predicted octanol–water partition coefficient (Wildman–Crippen LogP) is 3.04. The second kappa shape index (κ2) is 8.40. The van der Waals surface area contributed by atoms with Gasteiger partial charge in [-0.25, -0.2) is 9.97 Å². The van der Waals surface area contributed by atoms with Crippen molar-refractivity contribution in [1.82, 2.24) is 9.97 Å². The molecule has 2 aromatic heterocycles. The second-order valence-corrected chi connectivity index (χ2v) is 8.00. The molecule has 0 radical (unpaired) electrons. The molecule has 29 heavy (non-hydrogen) atoms. The topological polar surface area (TPSA) is 101 Å². The number of thiazole rings is 1. The van der Waals surface area contributed by atoms with E-state index in [1.807, 2.05) is 30.3 Å². The average molecular weight is 407 g/mol. The van der Waals surface area contributed by atoms with Gasteiger partial charge in [-0.3, -0.25) is 9.59 Å². The van der Waals surface area contributed by atoms with E-state index in [4.69, 9.17) is 5.73 Å². The van der Waals surface area contributed by atoms with E-state index in [9.17, 15) is 9.59 Å². The second-order valence-electron chi connectivity index (χ2n) is 6.94. The number of amides is 2. The van der Waals surface area contributed by atoms with Gasteiger partial charge in [0, 0.05) is 19.2 Å². The van der Waals surface area contributed by atoms with E-state index in [1.165, 1.54) is 17.4 Å². The van der Waals surface area contributed by atoms with Gasteiger partial charge in [0.05, 0.1) is 28.0 Å². The summed E-state index contributed by atoms with van der Waals surface area (Å²) in [5.74, 6) is 0.126. The van der Waals surface area contributed by atoms with Crippen molar-refractivity contribution < 1.29 is 9.59 Å². The van der Waals surface area contributed by atoms with E-state index in [-0.39, 0.29) is 17.7 Å². The van der Waals surface area contributed by atoms with Crippen molar-refractivity contribution in [3.8, 4) is 0 Å². The van der Waals surface area contributed by atoms with Crippen molar-refractivity contribution in [2.75, 3.05) is 23.3 Å². The molecule has 4 rings (SSSR count). The summed E-state index contributed by atoms with van der Waals surface area (Å²) in [5, 5.41) is 3.58. The molecule has 3 N–H and O–H groups in total. The Morgan fingerprint density at radius 3 is 2.86 bits per heavy atom. The summed E-state index contributed by atoms with van der Waals surface area (Å²) in [7, 11) is 0. The number of piperidine rings is 1. The van der Waals surface area contributed by atoms with E-state index >= 15 is 0 Å². The monoisotopic (exact) mass is 407 g/mol. The number of pyridine rings is 1. The molecule has 1 aliphatic heterocycles. The number of primary amides is 1. The van der Waals surface area contributed by atoms with Gasteiger partial charge in [0.2, 0.25) is 11.8 Å². The fourth-order valence-electron chi connectivity index (χ4n) is 3.36. The summed E-state index contributed by atoms with van der Waals surface area (Å²) in [6.07, 6.45) is 6.52. The van der Waals surface area contributed by atoms with E-state index in [0.29, 0.717) is 12.2 Å². The first-order valence-electron chi connectivity index (χ1n) is 9.43. The number of hydrogen-bond donors (Lipinski definition) is 2. The Labute approximate surface area is 172 Å². The SMILES string of the molecule is NC(=O)C1CCCN(c2ccc(NC(=O)/C=C/c3nc4ccccc4s3)cn2)C1. The summed E-state index contributed by atoms with van der Waals surface area (Å²) in [4.78, 5) is 34.6. The van der Waals surface area contributed by atoms with Crippen LogP contribution in [0.5, 0.6) is 0 Å². The van der Waals surface area contributed by atoms with E-state index in [2.05, 4.69) is 20.2 Å². The van der Waals surface area contributed by atoms with Crippen LogP contribution >= 0.6 is 11.3 Å². The maximum Gasteiger partial charge on any atom is 0.248 e. The number of rotatable bonds is 5. The van der Waals surface area contributed by atoms with Crippen LogP contribution in [0, 0.1) is 5.92 Å². The first-order chi connectivity index (χ1) is 14.1. The standard InChI is InChI=1S/C21H21N5O2S/c22-21(28)14-4-3-11-26(13-14)18-8-7-15(12-23-18)24-19(27)9-10-20-25-16-5-1-2-6-17(16)29-20/h1-2,5-10,12,14H,3-4,11,13H2,(H2,22,28)(H,24,27)/b10-9+. The van der Waals surface area contributed by atoms with Crippen LogP contribution in [-0.2, 0) is 9.59 Å². The minimum absolute atomic E-state index is 0.141. The number of fused-ring (bicyclic) bond motifs is 1. The third kappa shape index (κ3) is 4.60. The molecule has 8 heteroatoms. The maximum atomic E-state index is 12.2. The number of anilines is 2. The summed E-state index contributed by atoms with van der Waals surface area (Å²) in [5.41, 5.74) is 6.97. The van der Waals surface area contributed by atoms with Gasteiger partial charge < -0.3 is 16.0 Å². The van der Waals surface area contributed by atoms with Crippen LogP contribution in [-0.4, -0.2) is 34.9 Å². The fourth-order valence-corrected chi connectivity index (χ4v) is 4.23. The van der Waals surface area contributed by atoms with Crippen molar-refractivity contribution in [3.05, 3.63) is 53.7 Å². The van der Waals surface area contributed by atoms with Crippen molar-refractivity contribution in [1.29, 1.82) is 0 Å². The van der Waals surface area contributed by atoms with Gasteiger partial charge in [0.1, 0.15) is 10.8 Å². The maximum absolute atomic E-state index is 12.2. The van der Waals surface area contributed by atoms with Gasteiger partial charge in [-0.2, -0.15) is 0 Å². The van der Waals surface area contributed by atoms with E-state index < -0.39 is 0 Å². The minimum Gasteiger partial charge on any atom is -0.369 e. The molecular formula is C21H21N5O2S. The van der Waals surface area contributed by atoms with Crippen molar-refractivity contribution in [2.45, 2.75) is 12.8 Å². The zero-order chi connectivity index (χ0) is 20.2. The van der Waals surface area contributed by atoms with Gasteiger partial charge in [0.25, 0.3) is 0 Å². The molecular weight excluding hydrogens is 386 g/mol. The van der Waals surface area contributed by atoms with Crippen LogP contribution in [0.1, 0.15) is 17.8 Å². The number of hydrogen-bond acceptors (Lipinski definition) is 6. The van der Waals surface area contributed by atoms with Crippen molar-refractivity contribution >= 4 is 50.9 Å². The van der Waals surface area contributed by atoms with Gasteiger partial charge in [-0.15, -0.1) is 11.3 Å². The lowest BCUT2D eigenvalue weighted by molar-refractivity contribution is -0.122. The Balaban J connectivity index is 1.36. The molecule has 7 nitrogen and oxygen atoms in total. The third-order valence-corrected chi connectivity index (χ3v) is 5.85. The molecule has 1 aliphatic rings. The lowest BCUT2D eigenvalue weighted by Gasteiger charge is -2.32. The zero-order valence-electron chi connectivity index (χ0n) is 15.7. The highest BCUT2D eigenvalue weighted by atomic mass is 32.1. The van der Waals surface area contributed by atoms with Crippen LogP contribution in [0.15, 0.2) is 48.7 Å². The number of nitrogens with zero attached hydrogens (tertiary/aromatic N) is 3. The van der Waals surface area contributed by atoms with Crippen molar-refractivity contribution in [3.63, 3.8) is 0 Å². The largest absolute Gasteiger partial charge is 0.369 e. The lowest BCUT2D eigenvalue weighted by Crippen LogP contribution is -2.41. The van der Waals surface area contributed by atoms with Crippen LogP contribution in [0.25, 0.3) is 16.3 Å². The average Bonchev–Trinajstić information content (AvgIpc) is 3.16. The Kier molecular flexibility index (Phi) is 5.53. The Hall–Kier alpha value is -3.26. The normalized spacial score (nSPS) is 17.0. The molecule has 2 amide bonds. The number of nitrogens with two attached hydrogens (primary N) is 1. The molecule has 1 aromatic carbocycles. The molecule has 148 valence electrons. The van der Waals surface area contributed by atoms with Gasteiger partial charge in [-0.1, -0.05) is 12.1 Å². The van der Waals surface area contributed by atoms with Crippen LogP contribution in [0.2, 0.25) is 0 Å². The smallest absolute Gasteiger partial charge is 0.248 e. The van der Waals surface area contributed by atoms with Gasteiger partial charge >= 0.3 is 0 Å². The van der Waals surface area contributed by atoms with Crippen LogP contribution in [0.3, 0.4) is 0 Å². The quantitative estimate of drug-likeness (QED) is 0.633. The highest BCUT2D eigenvalue weighted by Crippen LogP contribution is 2.23. The highest BCUT2D eigenvalue weighted by molar-refractivity contribution is 7.19. The third-order valence-electron chi connectivity index (χ3n) is 4.85. The molecule has 1 atom stereocenters. The Morgan fingerprint density at radius 1 is 1.24 bits per heavy atom. The van der Waals surface area contributed by atoms with E-state index in [0.717, 1.165) is 40.4 Å². The molecule has 0 bridgehead atoms. The van der Waals surface area contributed by atoms with Gasteiger partial charge in [0.15, 0.2) is 0 Å². The molecule has 3 aromatic rings. The number of para-hydroxylation sites is 1. The molecule has 1 fully saturated rings. The molecule has 0 aliphatic carbocycles. The fraction of sp³-hybridized carbons (Fsp3) is 0.238. The molecule has 1 unspecified atom stereocenters. The number of carbonyl (C=O) groups excluding carboxylic acids is 2. The number of benzene rings is 1. The predicted molar refractivity (Wildman–Crippen MR) is 116 cm³/mol. The highest BCUT2D eigenvalue weighted by Gasteiger charge is 2.24. The summed E-state index contributed by atoms with van der Waals surface area (Å²) >= 11 is 1.54.